The molecule has 0 aliphatic heterocycles. The van der Waals surface area contributed by atoms with Crippen molar-refractivity contribution in [2.75, 3.05) is 0 Å². The molecule has 0 saturated carbocycles. The molecule has 94 valence electrons. The van der Waals surface area contributed by atoms with Gasteiger partial charge in [-0.1, -0.05) is 11.6 Å². The fraction of sp³-hybridized carbons (Fsp3) is 0.167. The van der Waals surface area contributed by atoms with Gasteiger partial charge in [0.1, 0.15) is 10.8 Å². The molecule has 0 aliphatic carbocycles. The van der Waals surface area contributed by atoms with E-state index < -0.39 is 42.8 Å². The molecule has 1 aromatic heterocycles. The molecule has 1 heterocycles. The molecule has 7 nitrogen and oxygen atoms in total. The van der Waals surface area contributed by atoms with E-state index in [0.717, 1.165) is 0 Å². The van der Waals surface area contributed by atoms with E-state index in [0.29, 0.717) is 6.07 Å². The number of sulfonamides is 1. The number of pyridine rings is 1. The van der Waals surface area contributed by atoms with E-state index >= 15 is 0 Å². The van der Waals surface area contributed by atoms with Crippen LogP contribution < -0.4 is 5.14 Å². The van der Waals surface area contributed by atoms with Crippen molar-refractivity contribution in [2.45, 2.75) is 11.3 Å². The van der Waals surface area contributed by atoms with Crippen LogP contribution in [0.5, 0.6) is 0 Å². The van der Waals surface area contributed by atoms with Crippen LogP contribution in [-0.4, -0.2) is 18.3 Å². The van der Waals surface area contributed by atoms with Crippen molar-refractivity contribution in [3.63, 3.8) is 0 Å². The molecule has 2 N–H and O–H groups in total. The summed E-state index contributed by atoms with van der Waals surface area (Å²) >= 11 is 5.28. The molecule has 1 rings (SSSR count). The van der Waals surface area contributed by atoms with Gasteiger partial charge >= 0.3 is 0 Å². The lowest BCUT2D eigenvalue weighted by molar-refractivity contribution is -0.388. The summed E-state index contributed by atoms with van der Waals surface area (Å²) < 4.78 is 47.1. The Labute approximate surface area is 98.4 Å². The molecule has 0 aromatic carbocycles. The van der Waals surface area contributed by atoms with E-state index in [9.17, 15) is 27.3 Å². The number of halogens is 3. The number of primary sulfonamides is 1. The molecule has 0 unspecified atom stereocenters. The monoisotopic (exact) mass is 287 g/mol. The largest absolute Gasteiger partial charge is 0.294 e. The third-order valence-electron chi connectivity index (χ3n) is 1.64. The number of hydrogen-bond acceptors (Lipinski definition) is 5. The van der Waals surface area contributed by atoms with E-state index in [1.54, 1.807) is 0 Å². The van der Waals surface area contributed by atoms with Crippen molar-refractivity contribution >= 4 is 27.3 Å². The number of alkyl halides is 2. The van der Waals surface area contributed by atoms with Gasteiger partial charge in [-0.15, -0.1) is 0 Å². The van der Waals surface area contributed by atoms with Gasteiger partial charge in [-0.3, -0.25) is 10.1 Å². The molecule has 1 aromatic rings. The number of hydrogen-bond donors (Lipinski definition) is 1. The number of rotatable bonds is 3. The number of nitrogens with two attached hydrogens (primary N) is 1. The van der Waals surface area contributed by atoms with Crippen molar-refractivity contribution in [3.05, 3.63) is 27.0 Å². The van der Waals surface area contributed by atoms with Gasteiger partial charge in [-0.2, -0.15) is 0 Å². The maximum Gasteiger partial charge on any atom is 0.294 e. The van der Waals surface area contributed by atoms with Gasteiger partial charge < -0.3 is 0 Å². The van der Waals surface area contributed by atoms with E-state index in [1.807, 2.05) is 0 Å². The molecule has 0 bridgehead atoms. The summed E-state index contributed by atoms with van der Waals surface area (Å²) in [6, 6.07) is 0.535. The topological polar surface area (TPSA) is 116 Å². The highest BCUT2D eigenvalue weighted by atomic mass is 35.5. The Morgan fingerprint density at radius 3 is 2.41 bits per heavy atom. The third kappa shape index (κ3) is 2.84. The van der Waals surface area contributed by atoms with Gasteiger partial charge in [0.25, 0.3) is 12.1 Å². The lowest BCUT2D eigenvalue weighted by atomic mass is 10.3. The summed E-state index contributed by atoms with van der Waals surface area (Å²) in [4.78, 5) is 11.1. The Hall–Kier alpha value is -1.39. The zero-order valence-electron chi connectivity index (χ0n) is 7.80. The van der Waals surface area contributed by atoms with Crippen LogP contribution in [-0.2, 0) is 10.0 Å². The average Bonchev–Trinajstić information content (AvgIpc) is 2.14. The SMILES string of the molecule is NS(=O)(=O)c1c([N+](=O)[O-])cc(Cl)nc1C(F)F. The minimum atomic E-state index is -4.71. The number of nitrogens with zero attached hydrogens (tertiary/aromatic N) is 2. The van der Waals surface area contributed by atoms with Gasteiger partial charge in [-0.25, -0.2) is 27.3 Å². The minimum Gasteiger partial charge on any atom is -0.258 e. The van der Waals surface area contributed by atoms with E-state index in [1.165, 1.54) is 0 Å². The zero-order chi connectivity index (χ0) is 13.4. The van der Waals surface area contributed by atoms with Crippen LogP contribution in [0, 0.1) is 10.1 Å². The maximum absolute atomic E-state index is 12.5. The normalized spacial score (nSPS) is 11.8. The molecule has 0 atom stereocenters. The van der Waals surface area contributed by atoms with E-state index in [-0.39, 0.29) is 0 Å². The summed E-state index contributed by atoms with van der Waals surface area (Å²) in [5.41, 5.74) is -2.48. The molecule has 17 heavy (non-hydrogen) atoms. The smallest absolute Gasteiger partial charge is 0.258 e. The second-order valence-electron chi connectivity index (χ2n) is 2.78. The Morgan fingerprint density at radius 2 is 2.06 bits per heavy atom. The van der Waals surface area contributed by atoms with Gasteiger partial charge in [0.15, 0.2) is 4.90 Å². The summed E-state index contributed by atoms with van der Waals surface area (Å²) in [5.74, 6) is 0. The first-order chi connectivity index (χ1) is 7.64. The van der Waals surface area contributed by atoms with Gasteiger partial charge in [-0.05, 0) is 0 Å². The van der Waals surface area contributed by atoms with E-state index in [4.69, 9.17) is 11.6 Å². The van der Waals surface area contributed by atoms with Crippen LogP contribution in [0.2, 0.25) is 5.15 Å². The molecular weight excluding hydrogens is 284 g/mol. The summed E-state index contributed by atoms with van der Waals surface area (Å²) in [5, 5.41) is 14.6. The van der Waals surface area contributed by atoms with Crippen molar-refractivity contribution in [1.29, 1.82) is 0 Å². The molecule has 11 heteroatoms. The number of nitro groups is 1. The minimum absolute atomic E-state index is 0.535. The lowest BCUT2D eigenvalue weighted by Gasteiger charge is -2.06. The van der Waals surface area contributed by atoms with Crippen LogP contribution in [0.3, 0.4) is 0 Å². The quantitative estimate of drug-likeness (QED) is 0.510. The average molecular weight is 288 g/mol. The Bertz CT molecular complexity index is 577. The van der Waals surface area contributed by atoms with Crippen LogP contribution in [0.25, 0.3) is 0 Å². The highest BCUT2D eigenvalue weighted by Gasteiger charge is 2.32. The molecule has 0 fully saturated rings. The molecule has 0 saturated heterocycles. The predicted octanol–water partition coefficient (Wildman–Crippen LogP) is 1.23. The number of aromatic nitrogens is 1. The zero-order valence-corrected chi connectivity index (χ0v) is 9.37. The molecule has 0 amide bonds. The Morgan fingerprint density at radius 1 is 1.53 bits per heavy atom. The molecule has 0 spiro atoms. The van der Waals surface area contributed by atoms with Crippen molar-refractivity contribution in [3.8, 4) is 0 Å². The predicted molar refractivity (Wildman–Crippen MR) is 52.2 cm³/mol. The Balaban J connectivity index is 3.79. The van der Waals surface area contributed by atoms with Crippen molar-refractivity contribution in [2.24, 2.45) is 5.14 Å². The summed E-state index contributed by atoms with van der Waals surface area (Å²) in [7, 11) is -4.71. The summed E-state index contributed by atoms with van der Waals surface area (Å²) in [6.45, 7) is 0. The standard InChI is InChI=1S/C6H4ClF2N3O4S/c7-3-1-2(12(13)14)5(17(10,15)16)4(11-3)6(8)9/h1,6H,(H2,10,15,16). The lowest BCUT2D eigenvalue weighted by Crippen LogP contribution is -2.18. The second kappa shape index (κ2) is 4.47. The van der Waals surface area contributed by atoms with Gasteiger partial charge in [0, 0.05) is 0 Å². The fourth-order valence-electron chi connectivity index (χ4n) is 1.08. The van der Waals surface area contributed by atoms with Crippen LogP contribution >= 0.6 is 11.6 Å². The maximum atomic E-state index is 12.5. The van der Waals surface area contributed by atoms with Crippen molar-refractivity contribution < 1.29 is 22.1 Å². The first-order valence-electron chi connectivity index (χ1n) is 3.80. The Kier molecular flexibility index (Phi) is 3.59. The molecule has 0 radical (unpaired) electrons. The fourth-order valence-corrected chi connectivity index (χ4v) is 2.13. The third-order valence-corrected chi connectivity index (χ3v) is 2.82. The first kappa shape index (κ1) is 13.7. The van der Waals surface area contributed by atoms with Gasteiger partial charge in [0.2, 0.25) is 10.0 Å². The highest BCUT2D eigenvalue weighted by molar-refractivity contribution is 7.89. The molecule has 0 aliphatic rings. The van der Waals surface area contributed by atoms with Gasteiger partial charge in [0.05, 0.1) is 11.0 Å². The second-order valence-corrected chi connectivity index (χ2v) is 4.67. The first-order valence-corrected chi connectivity index (χ1v) is 5.72. The van der Waals surface area contributed by atoms with E-state index in [2.05, 4.69) is 10.1 Å². The van der Waals surface area contributed by atoms with Crippen molar-refractivity contribution in [1.82, 2.24) is 4.98 Å². The summed E-state index contributed by atoms with van der Waals surface area (Å²) in [6.07, 6.45) is -3.36. The van der Waals surface area contributed by atoms with Crippen LogP contribution in [0.4, 0.5) is 14.5 Å². The van der Waals surface area contributed by atoms with Crippen LogP contribution in [0.15, 0.2) is 11.0 Å². The van der Waals surface area contributed by atoms with Crippen LogP contribution in [0.1, 0.15) is 12.1 Å². The molecular formula is C6H4ClF2N3O4S. The highest BCUT2D eigenvalue weighted by Crippen LogP contribution is 2.33.